The number of carbonyl (C=O) groups excluding carboxylic acids is 2. The molecule has 0 spiro atoms. The summed E-state index contributed by atoms with van der Waals surface area (Å²) in [4.78, 5) is 24.4. The van der Waals surface area contributed by atoms with Gasteiger partial charge in [0.25, 0.3) is 5.91 Å². The molecule has 3 aromatic rings. The first-order chi connectivity index (χ1) is 14.8. The van der Waals surface area contributed by atoms with Crippen molar-refractivity contribution in [3.05, 3.63) is 78.1 Å². The molecule has 1 aromatic heterocycles. The van der Waals surface area contributed by atoms with Crippen LogP contribution in [0.1, 0.15) is 31.9 Å². The molecule has 31 heavy (non-hydrogen) atoms. The van der Waals surface area contributed by atoms with Gasteiger partial charge in [0.2, 0.25) is 5.91 Å². The van der Waals surface area contributed by atoms with Gasteiger partial charge in [-0.05, 0) is 40.8 Å². The van der Waals surface area contributed by atoms with Gasteiger partial charge in [-0.25, -0.2) is 0 Å². The number of aromatic nitrogens is 2. The van der Waals surface area contributed by atoms with Gasteiger partial charge in [0.15, 0.2) is 6.61 Å². The first-order valence-corrected chi connectivity index (χ1v) is 10.2. The van der Waals surface area contributed by atoms with Crippen molar-refractivity contribution in [2.24, 2.45) is 0 Å². The van der Waals surface area contributed by atoms with Gasteiger partial charge >= 0.3 is 0 Å². The second kappa shape index (κ2) is 9.93. The quantitative estimate of drug-likeness (QED) is 0.584. The fraction of sp³-hybridized carbons (Fsp3) is 0.292. The Balaban J connectivity index is 1.49. The summed E-state index contributed by atoms with van der Waals surface area (Å²) >= 11 is 0. The topological polar surface area (TPSA) is 85.3 Å². The number of anilines is 1. The van der Waals surface area contributed by atoms with Gasteiger partial charge in [0, 0.05) is 24.6 Å². The standard InChI is InChI=1S/C24H28N4O3/c1-24(2,3)20-10-4-5-11-21(20)31-17-23(30)25-15-18-8-6-9-19(14-18)27-22(29)16-28-13-7-12-26-28/h4-14H,15-17H2,1-3H3,(H,25,30)(H,27,29). The average molecular weight is 421 g/mol. The first-order valence-electron chi connectivity index (χ1n) is 10.2. The van der Waals surface area contributed by atoms with Gasteiger partial charge in [-0.3, -0.25) is 14.3 Å². The number of nitrogens with one attached hydrogen (secondary N) is 2. The summed E-state index contributed by atoms with van der Waals surface area (Å²) in [5.74, 6) is 0.333. The second-order valence-corrected chi connectivity index (χ2v) is 8.26. The summed E-state index contributed by atoms with van der Waals surface area (Å²) in [5, 5.41) is 9.71. The Hall–Kier alpha value is -3.61. The largest absolute Gasteiger partial charge is 0.483 e. The van der Waals surface area contributed by atoms with Crippen molar-refractivity contribution < 1.29 is 14.3 Å². The number of nitrogens with zero attached hydrogens (tertiary/aromatic N) is 2. The third-order valence-corrected chi connectivity index (χ3v) is 4.62. The van der Waals surface area contributed by atoms with Crippen LogP contribution in [0.5, 0.6) is 5.75 Å². The lowest BCUT2D eigenvalue weighted by molar-refractivity contribution is -0.123. The van der Waals surface area contributed by atoms with Crippen LogP contribution in [0, 0.1) is 0 Å². The number of ether oxygens (including phenoxy) is 1. The van der Waals surface area contributed by atoms with Gasteiger partial charge in [0.05, 0.1) is 0 Å². The summed E-state index contributed by atoms with van der Waals surface area (Å²) in [5.41, 5.74) is 2.52. The van der Waals surface area contributed by atoms with E-state index in [4.69, 9.17) is 4.74 Å². The number of rotatable bonds is 8. The Bertz CT molecular complexity index is 1020. The number of carbonyl (C=O) groups is 2. The minimum absolute atomic E-state index is 0.0621. The molecule has 2 amide bonds. The van der Waals surface area contributed by atoms with Crippen LogP contribution in [0.15, 0.2) is 67.0 Å². The Morgan fingerprint density at radius 1 is 1.03 bits per heavy atom. The maximum atomic E-state index is 12.3. The van der Waals surface area contributed by atoms with Crippen LogP contribution in [-0.2, 0) is 28.1 Å². The molecule has 162 valence electrons. The molecule has 0 atom stereocenters. The van der Waals surface area contributed by atoms with Crippen LogP contribution in [0.4, 0.5) is 5.69 Å². The zero-order valence-corrected chi connectivity index (χ0v) is 18.1. The van der Waals surface area contributed by atoms with Crippen molar-refractivity contribution >= 4 is 17.5 Å². The summed E-state index contributed by atoms with van der Waals surface area (Å²) < 4.78 is 7.32. The highest BCUT2D eigenvalue weighted by Crippen LogP contribution is 2.30. The van der Waals surface area contributed by atoms with Crippen molar-refractivity contribution in [1.82, 2.24) is 15.1 Å². The fourth-order valence-corrected chi connectivity index (χ4v) is 3.11. The molecule has 0 aliphatic rings. The predicted octanol–water partition coefficient (Wildman–Crippen LogP) is 3.51. The van der Waals surface area contributed by atoms with Gasteiger partial charge < -0.3 is 15.4 Å². The van der Waals surface area contributed by atoms with E-state index in [1.54, 1.807) is 29.2 Å². The predicted molar refractivity (Wildman–Crippen MR) is 120 cm³/mol. The lowest BCUT2D eigenvalue weighted by Crippen LogP contribution is -2.29. The number of benzene rings is 2. The molecule has 0 saturated heterocycles. The number of hydrogen-bond acceptors (Lipinski definition) is 4. The van der Waals surface area contributed by atoms with Crippen LogP contribution < -0.4 is 15.4 Å². The number of para-hydroxylation sites is 1. The summed E-state index contributed by atoms with van der Waals surface area (Å²) in [7, 11) is 0. The maximum absolute atomic E-state index is 12.3. The normalized spacial score (nSPS) is 11.1. The maximum Gasteiger partial charge on any atom is 0.258 e. The Labute approximate surface area is 182 Å². The Morgan fingerprint density at radius 3 is 2.58 bits per heavy atom. The van der Waals surface area contributed by atoms with Crippen molar-refractivity contribution in [3.63, 3.8) is 0 Å². The minimum atomic E-state index is -0.211. The van der Waals surface area contributed by atoms with Crippen LogP contribution >= 0.6 is 0 Å². The Morgan fingerprint density at radius 2 is 1.84 bits per heavy atom. The van der Waals surface area contributed by atoms with Crippen LogP contribution in [0.2, 0.25) is 0 Å². The van der Waals surface area contributed by atoms with E-state index >= 15 is 0 Å². The first kappa shape index (κ1) is 22.1. The van der Waals surface area contributed by atoms with Crippen molar-refractivity contribution in [1.29, 1.82) is 0 Å². The van der Waals surface area contributed by atoms with Crippen molar-refractivity contribution in [3.8, 4) is 5.75 Å². The molecule has 7 nitrogen and oxygen atoms in total. The third-order valence-electron chi connectivity index (χ3n) is 4.62. The van der Waals surface area contributed by atoms with Gasteiger partial charge in [-0.1, -0.05) is 51.1 Å². The van der Waals surface area contributed by atoms with Crippen LogP contribution in [-0.4, -0.2) is 28.2 Å². The third kappa shape index (κ3) is 6.70. The van der Waals surface area contributed by atoms with E-state index in [0.29, 0.717) is 18.0 Å². The highest BCUT2D eigenvalue weighted by atomic mass is 16.5. The van der Waals surface area contributed by atoms with Crippen molar-refractivity contribution in [2.45, 2.75) is 39.3 Å². The number of amides is 2. The van der Waals surface area contributed by atoms with E-state index in [9.17, 15) is 9.59 Å². The number of hydrogen-bond donors (Lipinski definition) is 2. The summed E-state index contributed by atoms with van der Waals surface area (Å²) in [6.07, 6.45) is 3.36. The fourth-order valence-electron chi connectivity index (χ4n) is 3.11. The molecule has 0 bridgehead atoms. The molecule has 0 unspecified atom stereocenters. The molecule has 2 N–H and O–H groups in total. The zero-order chi connectivity index (χ0) is 22.3. The molecule has 0 fully saturated rings. The van der Waals surface area contributed by atoms with Crippen molar-refractivity contribution in [2.75, 3.05) is 11.9 Å². The van der Waals surface area contributed by atoms with Gasteiger partial charge in [-0.2, -0.15) is 5.10 Å². The highest BCUT2D eigenvalue weighted by molar-refractivity contribution is 5.90. The Kier molecular flexibility index (Phi) is 7.07. The molecular weight excluding hydrogens is 392 g/mol. The van der Waals surface area contributed by atoms with E-state index in [-0.39, 0.29) is 30.4 Å². The van der Waals surface area contributed by atoms with E-state index in [1.807, 2.05) is 42.5 Å². The highest BCUT2D eigenvalue weighted by Gasteiger charge is 2.18. The van der Waals surface area contributed by atoms with Gasteiger partial charge in [-0.15, -0.1) is 0 Å². The van der Waals surface area contributed by atoms with E-state index < -0.39 is 0 Å². The monoisotopic (exact) mass is 420 g/mol. The summed E-state index contributed by atoms with van der Waals surface area (Å²) in [6, 6.07) is 16.9. The van der Waals surface area contributed by atoms with E-state index in [1.165, 1.54) is 0 Å². The van der Waals surface area contributed by atoms with Crippen LogP contribution in [0.25, 0.3) is 0 Å². The lowest BCUT2D eigenvalue weighted by atomic mass is 9.86. The van der Waals surface area contributed by atoms with E-state index in [2.05, 4.69) is 36.5 Å². The summed E-state index contributed by atoms with van der Waals surface area (Å²) in [6.45, 7) is 6.74. The molecule has 1 heterocycles. The van der Waals surface area contributed by atoms with E-state index in [0.717, 1.165) is 11.1 Å². The van der Waals surface area contributed by atoms with Crippen LogP contribution in [0.3, 0.4) is 0 Å². The minimum Gasteiger partial charge on any atom is -0.483 e. The van der Waals surface area contributed by atoms with Gasteiger partial charge in [0.1, 0.15) is 12.3 Å². The molecule has 0 radical (unpaired) electrons. The smallest absolute Gasteiger partial charge is 0.258 e. The SMILES string of the molecule is CC(C)(C)c1ccccc1OCC(=O)NCc1cccc(NC(=O)Cn2cccn2)c1. The second-order valence-electron chi connectivity index (χ2n) is 8.26. The molecule has 0 aliphatic carbocycles. The molecular formula is C24H28N4O3. The molecule has 7 heteroatoms. The zero-order valence-electron chi connectivity index (χ0n) is 18.1. The molecule has 0 aliphatic heterocycles. The average Bonchev–Trinajstić information content (AvgIpc) is 3.23. The molecule has 0 saturated carbocycles. The molecule has 3 rings (SSSR count). The molecule has 2 aromatic carbocycles. The lowest BCUT2D eigenvalue weighted by Gasteiger charge is -2.22.